The Balaban J connectivity index is 2.05. The van der Waals surface area contributed by atoms with Gasteiger partial charge in [0.2, 0.25) is 10.0 Å². The molecular formula is C10H13BrN2O5S. The van der Waals surface area contributed by atoms with E-state index in [0.717, 1.165) is 18.9 Å². The molecular weight excluding hydrogens is 340 g/mol. The van der Waals surface area contributed by atoms with Gasteiger partial charge in [0, 0.05) is 19.2 Å². The molecule has 0 aromatic carbocycles. The lowest BCUT2D eigenvalue weighted by molar-refractivity contribution is 0.0172. The average molecular weight is 353 g/mol. The lowest BCUT2D eigenvalue weighted by Gasteiger charge is -2.34. The van der Waals surface area contributed by atoms with Gasteiger partial charge in [0.05, 0.1) is 6.10 Å². The predicted molar refractivity (Wildman–Crippen MR) is 69.1 cm³/mol. The molecule has 7 nitrogen and oxygen atoms in total. The molecule has 1 aliphatic rings. The van der Waals surface area contributed by atoms with Crippen LogP contribution in [-0.4, -0.2) is 33.6 Å². The standard InChI is InChI=1S/C10H13BrN2O5S/c1-17-6-2-5(3-6)13-10(14)7-4-8(9(11)18-7)19(12,15)16/h4-6H,2-3H2,1H3,(H,13,14)(H2,12,15,16). The van der Waals surface area contributed by atoms with Crippen molar-refractivity contribution in [3.8, 4) is 0 Å². The number of amides is 1. The van der Waals surface area contributed by atoms with Crippen molar-refractivity contribution in [2.24, 2.45) is 5.14 Å². The number of hydrogen-bond donors (Lipinski definition) is 2. The maximum absolute atomic E-state index is 11.8. The molecule has 0 unspecified atom stereocenters. The Morgan fingerprint density at radius 2 is 2.21 bits per heavy atom. The largest absolute Gasteiger partial charge is 0.443 e. The van der Waals surface area contributed by atoms with Crippen LogP contribution in [0.15, 0.2) is 20.0 Å². The van der Waals surface area contributed by atoms with Crippen LogP contribution < -0.4 is 10.5 Å². The third kappa shape index (κ3) is 3.16. The van der Waals surface area contributed by atoms with Gasteiger partial charge in [-0.3, -0.25) is 4.79 Å². The highest BCUT2D eigenvalue weighted by molar-refractivity contribution is 9.10. The predicted octanol–water partition coefficient (Wildman–Crippen LogP) is 0.597. The Kier molecular flexibility index (Phi) is 4.00. The molecule has 0 aliphatic heterocycles. The van der Waals surface area contributed by atoms with Gasteiger partial charge in [0.1, 0.15) is 4.90 Å². The number of hydrogen-bond acceptors (Lipinski definition) is 5. The Hall–Kier alpha value is -0.900. The van der Waals surface area contributed by atoms with E-state index in [9.17, 15) is 13.2 Å². The van der Waals surface area contributed by atoms with Crippen LogP contribution in [0.5, 0.6) is 0 Å². The van der Waals surface area contributed by atoms with Crippen LogP contribution in [0.25, 0.3) is 0 Å². The minimum atomic E-state index is -3.92. The fraction of sp³-hybridized carbons (Fsp3) is 0.500. The number of nitrogens with one attached hydrogen (secondary N) is 1. The van der Waals surface area contributed by atoms with Crippen molar-refractivity contribution in [2.45, 2.75) is 29.9 Å². The molecule has 1 aromatic rings. The van der Waals surface area contributed by atoms with E-state index in [2.05, 4.69) is 21.2 Å². The van der Waals surface area contributed by atoms with Gasteiger partial charge in [0.25, 0.3) is 5.91 Å². The van der Waals surface area contributed by atoms with E-state index in [1.54, 1.807) is 7.11 Å². The highest BCUT2D eigenvalue weighted by Gasteiger charge is 2.31. The number of methoxy groups -OCH3 is 1. The van der Waals surface area contributed by atoms with Crippen LogP contribution in [0, 0.1) is 0 Å². The second-order valence-electron chi connectivity index (χ2n) is 4.29. The molecule has 1 fully saturated rings. The summed E-state index contributed by atoms with van der Waals surface area (Å²) in [6, 6.07) is 1.11. The van der Waals surface area contributed by atoms with Crippen LogP contribution >= 0.6 is 15.9 Å². The van der Waals surface area contributed by atoms with Crippen LogP contribution in [0.3, 0.4) is 0 Å². The van der Waals surface area contributed by atoms with Crippen LogP contribution in [0.1, 0.15) is 23.4 Å². The first-order chi connectivity index (χ1) is 8.81. The molecule has 1 aromatic heterocycles. The summed E-state index contributed by atoms with van der Waals surface area (Å²) in [4.78, 5) is 11.6. The zero-order valence-electron chi connectivity index (χ0n) is 10.1. The topological polar surface area (TPSA) is 112 Å². The molecule has 0 bridgehead atoms. The molecule has 1 saturated carbocycles. The summed E-state index contributed by atoms with van der Waals surface area (Å²) >= 11 is 2.91. The van der Waals surface area contributed by atoms with Gasteiger partial charge in [-0.2, -0.15) is 0 Å². The van der Waals surface area contributed by atoms with Crippen molar-refractivity contribution in [2.75, 3.05) is 7.11 Å². The Morgan fingerprint density at radius 1 is 1.58 bits per heavy atom. The normalized spacial score (nSPS) is 22.9. The molecule has 0 spiro atoms. The smallest absolute Gasteiger partial charge is 0.287 e. The first kappa shape index (κ1) is 14.5. The van der Waals surface area contributed by atoms with Gasteiger partial charge in [0.15, 0.2) is 10.4 Å². The average Bonchev–Trinajstić information content (AvgIpc) is 2.64. The van der Waals surface area contributed by atoms with Crippen LogP contribution in [0.4, 0.5) is 0 Å². The molecule has 1 amide bonds. The summed E-state index contributed by atoms with van der Waals surface area (Å²) in [5.74, 6) is -0.577. The molecule has 3 N–H and O–H groups in total. The molecule has 106 valence electrons. The number of carbonyl (C=O) groups is 1. The van der Waals surface area contributed by atoms with E-state index < -0.39 is 15.9 Å². The fourth-order valence-electron chi connectivity index (χ4n) is 1.79. The Bertz CT molecular complexity index is 591. The monoisotopic (exact) mass is 352 g/mol. The van der Waals surface area contributed by atoms with Crippen molar-refractivity contribution >= 4 is 31.9 Å². The minimum absolute atomic E-state index is 0.0132. The fourth-order valence-corrected chi connectivity index (χ4v) is 3.29. The van der Waals surface area contributed by atoms with E-state index in [1.165, 1.54) is 0 Å². The Labute approximate surface area is 118 Å². The van der Waals surface area contributed by atoms with Gasteiger partial charge in [-0.1, -0.05) is 0 Å². The molecule has 0 atom stereocenters. The number of nitrogens with two attached hydrogens (primary N) is 1. The highest BCUT2D eigenvalue weighted by atomic mass is 79.9. The van der Waals surface area contributed by atoms with E-state index >= 15 is 0 Å². The third-order valence-corrected chi connectivity index (χ3v) is 4.72. The first-order valence-electron chi connectivity index (χ1n) is 5.47. The maximum atomic E-state index is 11.8. The molecule has 1 aliphatic carbocycles. The third-order valence-electron chi connectivity index (χ3n) is 2.95. The molecule has 2 rings (SSSR count). The second kappa shape index (κ2) is 5.23. The van der Waals surface area contributed by atoms with Crippen LogP contribution in [0.2, 0.25) is 0 Å². The quantitative estimate of drug-likeness (QED) is 0.823. The SMILES string of the molecule is COC1CC(NC(=O)c2cc(S(N)(=O)=O)c(Br)o2)C1. The molecule has 9 heteroatoms. The number of sulfonamides is 1. The maximum Gasteiger partial charge on any atom is 0.287 e. The van der Waals surface area contributed by atoms with Gasteiger partial charge >= 0.3 is 0 Å². The summed E-state index contributed by atoms with van der Waals surface area (Å²) < 4.78 is 32.5. The zero-order valence-corrected chi connectivity index (χ0v) is 12.5. The molecule has 19 heavy (non-hydrogen) atoms. The van der Waals surface area contributed by atoms with E-state index in [-0.39, 0.29) is 27.5 Å². The van der Waals surface area contributed by atoms with Gasteiger partial charge < -0.3 is 14.5 Å². The summed E-state index contributed by atoms with van der Waals surface area (Å²) in [5, 5.41) is 7.70. The highest BCUT2D eigenvalue weighted by Crippen LogP contribution is 2.26. The summed E-state index contributed by atoms with van der Waals surface area (Å²) in [6.07, 6.45) is 1.62. The van der Waals surface area contributed by atoms with Crippen molar-refractivity contribution < 1.29 is 22.4 Å². The summed E-state index contributed by atoms with van der Waals surface area (Å²) in [6.45, 7) is 0. The van der Waals surface area contributed by atoms with E-state index in [0.29, 0.717) is 0 Å². The number of carbonyl (C=O) groups excluding carboxylic acids is 1. The number of furan rings is 1. The van der Waals surface area contributed by atoms with Gasteiger partial charge in [-0.05, 0) is 28.8 Å². The lowest BCUT2D eigenvalue weighted by Crippen LogP contribution is -2.47. The molecule has 0 radical (unpaired) electrons. The summed E-state index contributed by atoms with van der Waals surface area (Å²) in [7, 11) is -2.30. The van der Waals surface area contributed by atoms with E-state index in [1.807, 2.05) is 0 Å². The number of primary sulfonamides is 1. The molecule has 1 heterocycles. The van der Waals surface area contributed by atoms with Crippen molar-refractivity contribution in [1.29, 1.82) is 0 Å². The van der Waals surface area contributed by atoms with Gasteiger partial charge in [-0.15, -0.1) is 0 Å². The Morgan fingerprint density at radius 3 is 2.68 bits per heavy atom. The zero-order chi connectivity index (χ0) is 14.2. The molecule has 0 saturated heterocycles. The number of rotatable bonds is 4. The van der Waals surface area contributed by atoms with Gasteiger partial charge in [-0.25, -0.2) is 13.6 Å². The van der Waals surface area contributed by atoms with E-state index in [4.69, 9.17) is 14.3 Å². The van der Waals surface area contributed by atoms with Crippen LogP contribution in [-0.2, 0) is 14.8 Å². The lowest BCUT2D eigenvalue weighted by atomic mass is 9.89. The summed E-state index contributed by atoms with van der Waals surface area (Å²) in [5.41, 5.74) is 0. The van der Waals surface area contributed by atoms with Crippen molar-refractivity contribution in [3.63, 3.8) is 0 Å². The first-order valence-corrected chi connectivity index (χ1v) is 7.81. The number of halogens is 1. The minimum Gasteiger partial charge on any atom is -0.443 e. The van der Waals surface area contributed by atoms with Crippen molar-refractivity contribution in [3.05, 3.63) is 16.5 Å². The van der Waals surface area contributed by atoms with Crippen molar-refractivity contribution in [1.82, 2.24) is 5.32 Å². The number of ether oxygens (including phenoxy) is 1. The second-order valence-corrected chi connectivity index (χ2v) is 6.54.